The first-order chi connectivity index (χ1) is 43.8. The van der Waals surface area contributed by atoms with Crippen LogP contribution in [-0.4, -0.2) is 150 Å². The SMILES string of the molecule is O=C1CCc2ccc(OCCCCN3CCN(c4cccc(Cl)c4Cl)CC3)cc2N1.O=C1CCc2ccc(OCCCCN3CCN(c4cccc(Cl)c4Cl)CC3)cc2N1.O=C1CCc2ccc(OCCCCN3CCN(c4cccc(Cl)c4Cl)CC3)cc2N1. The van der Waals surface area contributed by atoms with Crippen molar-refractivity contribution in [2.45, 2.75) is 77.0 Å². The van der Waals surface area contributed by atoms with Crippen molar-refractivity contribution in [1.82, 2.24) is 14.7 Å². The van der Waals surface area contributed by atoms with E-state index in [0.29, 0.717) is 69.2 Å². The Morgan fingerprint density at radius 1 is 0.333 bits per heavy atom. The molecule has 0 bridgehead atoms. The molecule has 0 spiro atoms. The van der Waals surface area contributed by atoms with Gasteiger partial charge in [-0.05, 0) is 149 Å². The summed E-state index contributed by atoms with van der Waals surface area (Å²) in [5.74, 6) is 2.71. The minimum Gasteiger partial charge on any atom is -0.494 e. The van der Waals surface area contributed by atoms with Gasteiger partial charge in [0.05, 0.1) is 67.0 Å². The molecule has 6 aliphatic heterocycles. The van der Waals surface area contributed by atoms with E-state index >= 15 is 0 Å². The Hall–Kier alpha value is -5.85. The molecule has 6 aromatic carbocycles. The number of fused-ring (bicyclic) bond motifs is 3. The third-order valence-corrected chi connectivity index (χ3v) is 19.7. The first-order valence-electron chi connectivity index (χ1n) is 31.7. The van der Waals surface area contributed by atoms with Crippen molar-refractivity contribution >= 4 is 121 Å². The lowest BCUT2D eigenvalue weighted by Crippen LogP contribution is -2.46. The summed E-state index contributed by atoms with van der Waals surface area (Å²) in [4.78, 5) is 49.0. The van der Waals surface area contributed by atoms with E-state index in [-0.39, 0.29) is 17.7 Å². The number of amides is 3. The largest absolute Gasteiger partial charge is 0.494 e. The number of hydrogen-bond acceptors (Lipinski definition) is 12. The van der Waals surface area contributed by atoms with Crippen LogP contribution in [0.5, 0.6) is 17.2 Å². The number of halogens is 6. The maximum Gasteiger partial charge on any atom is 0.224 e. The highest BCUT2D eigenvalue weighted by Crippen LogP contribution is 2.37. The van der Waals surface area contributed by atoms with Crippen molar-refractivity contribution in [1.29, 1.82) is 0 Å². The first kappa shape index (κ1) is 67.1. The minimum atomic E-state index is 0.0809. The van der Waals surface area contributed by atoms with Crippen LogP contribution in [0.4, 0.5) is 34.1 Å². The lowest BCUT2D eigenvalue weighted by atomic mass is 10.0. The number of carbonyl (C=O) groups excluding carboxylic acids is 3. The van der Waals surface area contributed by atoms with Crippen LogP contribution in [0.1, 0.15) is 74.5 Å². The lowest BCUT2D eigenvalue weighted by molar-refractivity contribution is -0.117. The van der Waals surface area contributed by atoms with Crippen molar-refractivity contribution in [3.8, 4) is 17.2 Å². The Balaban J connectivity index is 0.000000148. The van der Waals surface area contributed by atoms with E-state index in [4.69, 9.17) is 83.8 Å². The zero-order valence-electron chi connectivity index (χ0n) is 51.0. The monoisotopic (exact) mass is 1340 g/mol. The average Bonchev–Trinajstić information content (AvgIpc) is 3.67. The van der Waals surface area contributed by atoms with E-state index < -0.39 is 0 Å². The van der Waals surface area contributed by atoms with Gasteiger partial charge in [0.2, 0.25) is 17.7 Å². The second-order valence-electron chi connectivity index (χ2n) is 23.5. The summed E-state index contributed by atoms with van der Waals surface area (Å²) >= 11 is 37.5. The van der Waals surface area contributed by atoms with Gasteiger partial charge in [-0.3, -0.25) is 29.1 Å². The number of unbranched alkanes of at least 4 members (excludes halogenated alkanes) is 3. The molecule has 0 saturated carbocycles. The lowest BCUT2D eigenvalue weighted by Gasteiger charge is -2.36. The van der Waals surface area contributed by atoms with Crippen LogP contribution in [0.3, 0.4) is 0 Å². The Bertz CT molecular complexity index is 3040. The second kappa shape index (κ2) is 33.6. The standard InChI is InChI=1S/3C23H27Cl2N3O2/c3*24-19-4-3-5-21(23(19)25)28-13-11-27(12-14-28)10-1-2-15-30-18-8-6-17-7-9-22(29)26-20(17)16-18/h3*3-6,8,16H,1-2,7,9-15H2,(H,26,29). The Morgan fingerprint density at radius 2 is 0.611 bits per heavy atom. The Morgan fingerprint density at radius 3 is 0.889 bits per heavy atom. The second-order valence-corrected chi connectivity index (χ2v) is 25.8. The van der Waals surface area contributed by atoms with Gasteiger partial charge in [0.1, 0.15) is 17.2 Å². The highest BCUT2D eigenvalue weighted by molar-refractivity contribution is 6.44. The van der Waals surface area contributed by atoms with Crippen LogP contribution >= 0.6 is 69.6 Å². The summed E-state index contributed by atoms with van der Waals surface area (Å²) in [7, 11) is 0. The van der Waals surface area contributed by atoms with Crippen LogP contribution in [0.2, 0.25) is 30.1 Å². The Labute approximate surface area is 560 Å². The molecule has 6 heterocycles. The minimum absolute atomic E-state index is 0.0809. The smallest absolute Gasteiger partial charge is 0.224 e. The number of hydrogen-bond donors (Lipinski definition) is 3. The van der Waals surface area contributed by atoms with Crippen molar-refractivity contribution in [3.63, 3.8) is 0 Å². The van der Waals surface area contributed by atoms with Gasteiger partial charge >= 0.3 is 0 Å². The summed E-state index contributed by atoms with van der Waals surface area (Å²) in [5.41, 5.74) is 9.29. The molecule has 6 aromatic rings. The molecular formula is C69H81Cl6N9O6. The summed E-state index contributed by atoms with van der Waals surface area (Å²) < 4.78 is 17.7. The van der Waals surface area contributed by atoms with E-state index in [2.05, 4.69) is 63.5 Å². The number of carbonyl (C=O) groups is 3. The molecule has 15 nitrogen and oxygen atoms in total. The van der Waals surface area contributed by atoms with Crippen molar-refractivity contribution < 1.29 is 28.6 Å². The number of nitrogens with zero attached hydrogens (tertiary/aromatic N) is 6. The molecule has 6 aliphatic rings. The molecular weight excluding hydrogens is 1260 g/mol. The van der Waals surface area contributed by atoms with Crippen LogP contribution in [-0.2, 0) is 33.6 Å². The highest BCUT2D eigenvalue weighted by atomic mass is 35.5. The highest BCUT2D eigenvalue weighted by Gasteiger charge is 2.24. The number of ether oxygens (including phenoxy) is 3. The fourth-order valence-electron chi connectivity index (χ4n) is 12.1. The van der Waals surface area contributed by atoms with Crippen LogP contribution in [0, 0.1) is 0 Å². The van der Waals surface area contributed by atoms with Gasteiger partial charge in [-0.2, -0.15) is 0 Å². The van der Waals surface area contributed by atoms with Gasteiger partial charge in [-0.1, -0.05) is 106 Å². The summed E-state index contributed by atoms with van der Waals surface area (Å²) in [6.45, 7) is 17.1. The van der Waals surface area contributed by atoms with Gasteiger partial charge < -0.3 is 44.9 Å². The number of benzene rings is 6. The van der Waals surface area contributed by atoms with Crippen molar-refractivity contribution in [3.05, 3.63) is 156 Å². The molecule has 90 heavy (non-hydrogen) atoms. The molecule has 3 saturated heterocycles. The maximum atomic E-state index is 11.5. The first-order valence-corrected chi connectivity index (χ1v) is 34.0. The maximum absolute atomic E-state index is 11.5. The van der Waals surface area contributed by atoms with E-state index in [0.717, 1.165) is 207 Å². The predicted octanol–water partition coefficient (Wildman–Crippen LogP) is 14.6. The van der Waals surface area contributed by atoms with Crippen molar-refractivity contribution in [2.24, 2.45) is 0 Å². The fourth-order valence-corrected chi connectivity index (χ4v) is 13.3. The zero-order valence-corrected chi connectivity index (χ0v) is 55.5. The molecule has 21 heteroatoms. The molecule has 3 fully saturated rings. The zero-order chi connectivity index (χ0) is 62.8. The molecule has 0 aromatic heterocycles. The molecule has 0 atom stereocenters. The van der Waals surface area contributed by atoms with Crippen LogP contribution < -0.4 is 44.9 Å². The van der Waals surface area contributed by atoms with Gasteiger partial charge in [0, 0.05) is 133 Å². The Kier molecular flexibility index (Phi) is 25.1. The number of rotatable bonds is 21. The molecule has 480 valence electrons. The van der Waals surface area contributed by atoms with Gasteiger partial charge in [-0.25, -0.2) is 0 Å². The van der Waals surface area contributed by atoms with Crippen LogP contribution in [0.25, 0.3) is 0 Å². The molecule has 12 rings (SSSR count). The molecule has 0 unspecified atom stereocenters. The quantitative estimate of drug-likeness (QED) is 0.0592. The number of nitrogens with one attached hydrogen (secondary N) is 3. The summed E-state index contributed by atoms with van der Waals surface area (Å²) in [6, 6.07) is 35.4. The summed E-state index contributed by atoms with van der Waals surface area (Å²) in [6.07, 6.45) is 10.4. The van der Waals surface area contributed by atoms with Crippen LogP contribution in [0.15, 0.2) is 109 Å². The van der Waals surface area contributed by atoms with E-state index in [9.17, 15) is 14.4 Å². The molecule has 3 amide bonds. The van der Waals surface area contributed by atoms with E-state index in [1.54, 1.807) is 0 Å². The third-order valence-electron chi connectivity index (χ3n) is 17.3. The van der Waals surface area contributed by atoms with Gasteiger partial charge in [0.15, 0.2) is 0 Å². The van der Waals surface area contributed by atoms with E-state index in [1.165, 1.54) is 16.7 Å². The molecule has 0 radical (unpaired) electrons. The predicted molar refractivity (Wildman–Crippen MR) is 370 cm³/mol. The van der Waals surface area contributed by atoms with Crippen molar-refractivity contribution in [2.75, 3.05) is 149 Å². The number of aryl methyl sites for hydroxylation is 3. The van der Waals surface area contributed by atoms with Gasteiger partial charge in [-0.15, -0.1) is 0 Å². The summed E-state index contributed by atoms with van der Waals surface area (Å²) in [5, 5.41) is 12.5. The topological polar surface area (TPSA) is 134 Å². The molecule has 3 N–H and O–H groups in total. The molecule has 0 aliphatic carbocycles. The number of anilines is 6. The third kappa shape index (κ3) is 19.1. The van der Waals surface area contributed by atoms with E-state index in [1.807, 2.05) is 91.0 Å². The number of piperazine rings is 3. The normalized spacial score (nSPS) is 16.9. The van der Waals surface area contributed by atoms with Gasteiger partial charge in [0.25, 0.3) is 0 Å². The average molecular weight is 1350 g/mol. The fraction of sp³-hybridized carbons (Fsp3) is 0.435.